The molecule has 2 amide bonds. The van der Waals surface area contributed by atoms with Crippen molar-refractivity contribution in [2.24, 2.45) is 11.8 Å². The molecule has 1 aromatic heterocycles. The average Bonchev–Trinajstić information content (AvgIpc) is 2.98. The van der Waals surface area contributed by atoms with Crippen molar-refractivity contribution in [3.8, 4) is 0 Å². The molecule has 170 valence electrons. The van der Waals surface area contributed by atoms with E-state index in [-0.39, 0.29) is 27.4 Å². The van der Waals surface area contributed by atoms with Gasteiger partial charge in [0.25, 0.3) is 10.0 Å². The standard InChI is InChI=1S/C19H32N4O5S2/c1-12(24)21-16-17(29-13(2)22-16)30(26,27)20-10-14-6-8-15(9-7-14)11-28-18(25)23-19(3,4)5/h14-15,20H,6-11H2,1-5H3,(H,21,24)(H,23,25). The lowest BCUT2D eigenvalue weighted by Crippen LogP contribution is -2.41. The first-order chi connectivity index (χ1) is 13.9. The van der Waals surface area contributed by atoms with E-state index in [9.17, 15) is 18.0 Å². The zero-order valence-corrected chi connectivity index (χ0v) is 19.8. The predicted molar refractivity (Wildman–Crippen MR) is 116 cm³/mol. The molecule has 0 spiro atoms. The van der Waals surface area contributed by atoms with Gasteiger partial charge in [-0.05, 0) is 65.2 Å². The number of ether oxygens (including phenoxy) is 1. The Balaban J connectivity index is 1.80. The predicted octanol–water partition coefficient (Wildman–Crippen LogP) is 3.02. The van der Waals surface area contributed by atoms with Gasteiger partial charge in [-0.3, -0.25) is 4.79 Å². The number of carbonyl (C=O) groups excluding carboxylic acids is 2. The van der Waals surface area contributed by atoms with Crippen LogP contribution in [-0.2, 0) is 19.6 Å². The number of nitrogens with one attached hydrogen (secondary N) is 3. The molecule has 0 aromatic carbocycles. The van der Waals surface area contributed by atoms with Crippen molar-refractivity contribution in [1.82, 2.24) is 15.0 Å². The Kier molecular flexibility index (Phi) is 8.23. The summed E-state index contributed by atoms with van der Waals surface area (Å²) in [6.07, 6.45) is 3.07. The summed E-state index contributed by atoms with van der Waals surface area (Å²) in [5.41, 5.74) is -0.331. The molecule has 0 saturated heterocycles. The first-order valence-electron chi connectivity index (χ1n) is 10.1. The minimum absolute atomic E-state index is 0.0298. The molecule has 0 bridgehead atoms. The molecule has 1 fully saturated rings. The number of rotatable bonds is 7. The molecular weight excluding hydrogens is 428 g/mol. The highest BCUT2D eigenvalue weighted by Gasteiger charge is 2.27. The van der Waals surface area contributed by atoms with E-state index >= 15 is 0 Å². The molecule has 0 radical (unpaired) electrons. The van der Waals surface area contributed by atoms with E-state index < -0.39 is 16.1 Å². The van der Waals surface area contributed by atoms with Crippen LogP contribution in [0.4, 0.5) is 10.6 Å². The van der Waals surface area contributed by atoms with Gasteiger partial charge < -0.3 is 15.4 Å². The highest BCUT2D eigenvalue weighted by molar-refractivity contribution is 7.91. The van der Waals surface area contributed by atoms with Crippen LogP contribution in [0.5, 0.6) is 0 Å². The number of nitrogens with zero attached hydrogens (tertiary/aromatic N) is 1. The highest BCUT2D eigenvalue weighted by atomic mass is 32.2. The Hall–Kier alpha value is -1.72. The zero-order valence-electron chi connectivity index (χ0n) is 18.2. The number of alkyl carbamates (subject to hydrolysis) is 1. The molecule has 0 aliphatic heterocycles. The first kappa shape index (κ1) is 24.5. The number of thiazole rings is 1. The third-order valence-electron chi connectivity index (χ3n) is 4.70. The summed E-state index contributed by atoms with van der Waals surface area (Å²) in [5.74, 6) is 0.220. The molecule has 9 nitrogen and oxygen atoms in total. The molecule has 1 saturated carbocycles. The van der Waals surface area contributed by atoms with Crippen LogP contribution >= 0.6 is 11.3 Å². The van der Waals surface area contributed by atoms with E-state index in [1.54, 1.807) is 6.92 Å². The average molecular weight is 461 g/mol. The van der Waals surface area contributed by atoms with E-state index in [0.717, 1.165) is 37.0 Å². The van der Waals surface area contributed by atoms with Crippen molar-refractivity contribution < 1.29 is 22.7 Å². The molecular formula is C19H32N4O5S2. The normalized spacial score (nSPS) is 19.9. The quantitative estimate of drug-likeness (QED) is 0.574. The maximum atomic E-state index is 12.7. The molecule has 0 unspecified atom stereocenters. The van der Waals surface area contributed by atoms with Crippen LogP contribution in [0.1, 0.15) is 58.4 Å². The van der Waals surface area contributed by atoms with Gasteiger partial charge in [0.15, 0.2) is 10.0 Å². The summed E-state index contributed by atoms with van der Waals surface area (Å²) in [5, 5.41) is 5.81. The van der Waals surface area contributed by atoms with E-state index in [1.165, 1.54) is 6.92 Å². The van der Waals surface area contributed by atoms with Gasteiger partial charge in [0, 0.05) is 19.0 Å². The minimum Gasteiger partial charge on any atom is -0.449 e. The van der Waals surface area contributed by atoms with E-state index in [2.05, 4.69) is 20.3 Å². The number of anilines is 1. The van der Waals surface area contributed by atoms with E-state index in [0.29, 0.717) is 24.1 Å². The fourth-order valence-corrected chi connectivity index (χ4v) is 5.78. The van der Waals surface area contributed by atoms with Gasteiger partial charge >= 0.3 is 6.09 Å². The molecule has 11 heteroatoms. The Morgan fingerprint density at radius 1 is 1.17 bits per heavy atom. The molecule has 1 aliphatic carbocycles. The topological polar surface area (TPSA) is 126 Å². The minimum atomic E-state index is -3.75. The molecule has 1 aromatic rings. The van der Waals surface area contributed by atoms with Crippen molar-refractivity contribution in [1.29, 1.82) is 0 Å². The third-order valence-corrected chi connectivity index (χ3v) is 7.60. The molecule has 30 heavy (non-hydrogen) atoms. The van der Waals surface area contributed by atoms with E-state index in [4.69, 9.17) is 4.74 Å². The molecule has 1 aliphatic rings. The summed E-state index contributed by atoms with van der Waals surface area (Å²) in [6.45, 7) is 9.40. The van der Waals surface area contributed by atoms with Gasteiger partial charge in [-0.15, -0.1) is 11.3 Å². The summed E-state index contributed by atoms with van der Waals surface area (Å²) >= 11 is 1.03. The Labute approximate surface area is 182 Å². The van der Waals surface area contributed by atoms with Crippen LogP contribution in [0.3, 0.4) is 0 Å². The fourth-order valence-electron chi connectivity index (χ4n) is 3.27. The number of aryl methyl sites for hydroxylation is 1. The lowest BCUT2D eigenvalue weighted by atomic mass is 9.82. The van der Waals surface area contributed by atoms with Crippen LogP contribution in [0.15, 0.2) is 4.21 Å². The van der Waals surface area contributed by atoms with Gasteiger partial charge in [-0.1, -0.05) is 0 Å². The third kappa shape index (κ3) is 7.84. The first-order valence-corrected chi connectivity index (χ1v) is 12.4. The van der Waals surface area contributed by atoms with Gasteiger partial charge in [-0.25, -0.2) is 22.9 Å². The smallest absolute Gasteiger partial charge is 0.407 e. The summed E-state index contributed by atoms with van der Waals surface area (Å²) in [4.78, 5) is 27.2. The Morgan fingerprint density at radius 2 is 1.77 bits per heavy atom. The van der Waals surface area contributed by atoms with Crippen molar-refractivity contribution >= 4 is 39.2 Å². The lowest BCUT2D eigenvalue weighted by Gasteiger charge is -2.28. The van der Waals surface area contributed by atoms with Crippen LogP contribution in [0.25, 0.3) is 0 Å². The van der Waals surface area contributed by atoms with Crippen LogP contribution < -0.4 is 15.4 Å². The second kappa shape index (κ2) is 10.1. The summed E-state index contributed by atoms with van der Waals surface area (Å²) in [7, 11) is -3.75. The van der Waals surface area contributed by atoms with Crippen molar-refractivity contribution in [2.45, 2.75) is 70.1 Å². The fraction of sp³-hybridized carbons (Fsp3) is 0.737. The number of hydrogen-bond donors (Lipinski definition) is 3. The number of amides is 2. The molecule has 0 atom stereocenters. The second-order valence-corrected chi connectivity index (χ2v) is 11.9. The maximum Gasteiger partial charge on any atom is 0.407 e. The van der Waals surface area contributed by atoms with Crippen LogP contribution in [0, 0.1) is 18.8 Å². The summed E-state index contributed by atoms with van der Waals surface area (Å²) < 4.78 is 33.4. The lowest BCUT2D eigenvalue weighted by molar-refractivity contribution is -0.114. The zero-order chi connectivity index (χ0) is 22.5. The van der Waals surface area contributed by atoms with Crippen molar-refractivity contribution in [2.75, 3.05) is 18.5 Å². The van der Waals surface area contributed by atoms with Crippen LogP contribution in [-0.4, -0.2) is 44.1 Å². The number of hydrogen-bond acceptors (Lipinski definition) is 7. The largest absolute Gasteiger partial charge is 0.449 e. The number of carbonyl (C=O) groups is 2. The number of sulfonamides is 1. The van der Waals surface area contributed by atoms with Gasteiger partial charge in [0.2, 0.25) is 5.91 Å². The van der Waals surface area contributed by atoms with Gasteiger partial charge in [0.1, 0.15) is 0 Å². The maximum absolute atomic E-state index is 12.7. The molecule has 1 heterocycles. The monoisotopic (exact) mass is 460 g/mol. The Morgan fingerprint density at radius 3 is 2.33 bits per heavy atom. The van der Waals surface area contributed by atoms with Crippen molar-refractivity contribution in [3.05, 3.63) is 5.01 Å². The summed E-state index contributed by atoms with van der Waals surface area (Å²) in [6, 6.07) is 0. The Bertz CT molecular complexity index is 853. The molecule has 3 N–H and O–H groups in total. The highest BCUT2D eigenvalue weighted by Crippen LogP contribution is 2.31. The molecule has 2 rings (SSSR count). The SMILES string of the molecule is CC(=O)Nc1nc(C)sc1S(=O)(=O)NCC1CCC(COC(=O)NC(C)(C)C)CC1. The van der Waals surface area contributed by atoms with Gasteiger partial charge in [-0.2, -0.15) is 0 Å². The second-order valence-electron chi connectivity index (χ2n) is 8.76. The van der Waals surface area contributed by atoms with Crippen LogP contribution in [0.2, 0.25) is 0 Å². The van der Waals surface area contributed by atoms with Crippen molar-refractivity contribution in [3.63, 3.8) is 0 Å². The number of aromatic nitrogens is 1. The van der Waals surface area contributed by atoms with Gasteiger partial charge in [0.05, 0.1) is 11.6 Å². The van der Waals surface area contributed by atoms with E-state index in [1.807, 2.05) is 20.8 Å².